The van der Waals surface area contributed by atoms with E-state index in [-0.39, 0.29) is 5.91 Å². The SMILES string of the molecule is [C-]#[N+]c1cc(N2CCC(Nc3cc(F)cc(OC)c3)C2=O)ccc1-c1cn[nH]c1. The van der Waals surface area contributed by atoms with Crippen LogP contribution in [-0.4, -0.2) is 35.8 Å². The van der Waals surface area contributed by atoms with Crippen molar-refractivity contribution in [2.75, 3.05) is 23.9 Å². The quantitative estimate of drug-likeness (QED) is 0.645. The van der Waals surface area contributed by atoms with Crippen molar-refractivity contribution in [1.82, 2.24) is 10.2 Å². The van der Waals surface area contributed by atoms with Gasteiger partial charge in [-0.15, -0.1) is 0 Å². The fourth-order valence-corrected chi connectivity index (χ4v) is 3.46. The summed E-state index contributed by atoms with van der Waals surface area (Å²) < 4.78 is 18.8. The third-order valence-corrected chi connectivity index (χ3v) is 4.88. The van der Waals surface area contributed by atoms with E-state index < -0.39 is 11.9 Å². The molecule has 0 radical (unpaired) electrons. The molecule has 4 rings (SSSR count). The number of benzene rings is 2. The van der Waals surface area contributed by atoms with Gasteiger partial charge < -0.3 is 15.0 Å². The standard InChI is InChI=1S/C21H18FN5O2/c1-23-20-10-16(3-4-18(20)13-11-24-25-12-13)27-6-5-19(21(27)28)26-15-7-14(22)8-17(9-15)29-2/h3-4,7-12,19,26H,5-6H2,2H3,(H,24,25). The van der Waals surface area contributed by atoms with Gasteiger partial charge in [0.25, 0.3) is 0 Å². The Morgan fingerprint density at radius 1 is 1.34 bits per heavy atom. The summed E-state index contributed by atoms with van der Waals surface area (Å²) in [5.74, 6) is -0.183. The monoisotopic (exact) mass is 391 g/mol. The summed E-state index contributed by atoms with van der Waals surface area (Å²) in [6.45, 7) is 7.99. The van der Waals surface area contributed by atoms with Crippen LogP contribution in [-0.2, 0) is 4.79 Å². The average molecular weight is 391 g/mol. The summed E-state index contributed by atoms with van der Waals surface area (Å²) in [5, 5.41) is 9.74. The van der Waals surface area contributed by atoms with Gasteiger partial charge in [-0.05, 0) is 30.2 Å². The van der Waals surface area contributed by atoms with E-state index in [1.807, 2.05) is 12.1 Å². The van der Waals surface area contributed by atoms with E-state index in [0.717, 1.165) is 11.1 Å². The molecule has 8 heteroatoms. The Bertz CT molecular complexity index is 1090. The minimum absolute atomic E-state index is 0.125. The van der Waals surface area contributed by atoms with Crippen LogP contribution in [0, 0.1) is 12.4 Å². The summed E-state index contributed by atoms with van der Waals surface area (Å²) in [6.07, 6.45) is 3.93. The highest BCUT2D eigenvalue weighted by Crippen LogP contribution is 2.35. The Labute approximate surface area is 166 Å². The molecule has 1 atom stereocenters. The third-order valence-electron chi connectivity index (χ3n) is 4.88. The zero-order valence-electron chi connectivity index (χ0n) is 15.6. The minimum Gasteiger partial charge on any atom is -0.497 e. The second kappa shape index (κ2) is 7.64. The molecule has 1 fully saturated rings. The predicted molar refractivity (Wildman–Crippen MR) is 108 cm³/mol. The Balaban J connectivity index is 1.55. The molecule has 1 aromatic heterocycles. The number of methoxy groups -OCH3 is 1. The molecule has 0 bridgehead atoms. The molecule has 0 saturated carbocycles. The zero-order chi connectivity index (χ0) is 20.4. The molecular weight excluding hydrogens is 373 g/mol. The summed E-state index contributed by atoms with van der Waals surface area (Å²) in [5.41, 5.74) is 3.16. The summed E-state index contributed by atoms with van der Waals surface area (Å²) >= 11 is 0. The van der Waals surface area contributed by atoms with E-state index in [9.17, 15) is 9.18 Å². The Hall–Kier alpha value is -3.86. The maximum atomic E-state index is 13.7. The molecule has 1 saturated heterocycles. The van der Waals surface area contributed by atoms with E-state index >= 15 is 0 Å². The lowest BCUT2D eigenvalue weighted by molar-refractivity contribution is -0.117. The van der Waals surface area contributed by atoms with Gasteiger partial charge in [-0.2, -0.15) is 5.10 Å². The molecule has 146 valence electrons. The van der Waals surface area contributed by atoms with Crippen LogP contribution in [0.3, 0.4) is 0 Å². The van der Waals surface area contributed by atoms with Gasteiger partial charge in [-0.3, -0.25) is 9.89 Å². The summed E-state index contributed by atoms with van der Waals surface area (Å²) in [4.78, 5) is 18.1. The Morgan fingerprint density at radius 3 is 2.93 bits per heavy atom. The molecule has 29 heavy (non-hydrogen) atoms. The van der Waals surface area contributed by atoms with E-state index in [2.05, 4.69) is 20.4 Å². The number of nitrogens with one attached hydrogen (secondary N) is 2. The molecule has 0 spiro atoms. The van der Waals surface area contributed by atoms with Gasteiger partial charge in [0, 0.05) is 41.8 Å². The summed E-state index contributed by atoms with van der Waals surface area (Å²) in [7, 11) is 1.46. The van der Waals surface area contributed by atoms with E-state index in [1.165, 1.54) is 19.2 Å². The van der Waals surface area contributed by atoms with Crippen LogP contribution >= 0.6 is 0 Å². The highest BCUT2D eigenvalue weighted by Gasteiger charge is 2.33. The Morgan fingerprint density at radius 2 is 2.21 bits per heavy atom. The van der Waals surface area contributed by atoms with Gasteiger partial charge in [0.2, 0.25) is 5.91 Å². The lowest BCUT2D eigenvalue weighted by Gasteiger charge is -2.19. The number of halogens is 1. The number of hydrogen-bond acceptors (Lipinski definition) is 4. The zero-order valence-corrected chi connectivity index (χ0v) is 15.6. The molecule has 2 N–H and O–H groups in total. The highest BCUT2D eigenvalue weighted by molar-refractivity contribution is 6.02. The van der Waals surface area contributed by atoms with Crippen molar-refractivity contribution in [2.45, 2.75) is 12.5 Å². The van der Waals surface area contributed by atoms with Crippen LogP contribution in [0.15, 0.2) is 48.8 Å². The first-order valence-electron chi connectivity index (χ1n) is 9.02. The smallest absolute Gasteiger partial charge is 0.249 e. The lowest BCUT2D eigenvalue weighted by Crippen LogP contribution is -2.33. The van der Waals surface area contributed by atoms with Crippen molar-refractivity contribution < 1.29 is 13.9 Å². The van der Waals surface area contributed by atoms with Gasteiger partial charge in [0.1, 0.15) is 17.6 Å². The molecule has 1 aliphatic heterocycles. The van der Waals surface area contributed by atoms with Crippen LogP contribution in [0.4, 0.5) is 21.5 Å². The van der Waals surface area contributed by atoms with E-state index in [4.69, 9.17) is 11.3 Å². The highest BCUT2D eigenvalue weighted by atomic mass is 19.1. The van der Waals surface area contributed by atoms with Crippen molar-refractivity contribution in [2.24, 2.45) is 0 Å². The van der Waals surface area contributed by atoms with E-state index in [1.54, 1.807) is 29.4 Å². The van der Waals surface area contributed by atoms with Crippen molar-refractivity contribution in [3.8, 4) is 16.9 Å². The molecular formula is C21H18FN5O2. The van der Waals surface area contributed by atoms with Gasteiger partial charge in [-0.1, -0.05) is 6.07 Å². The molecule has 2 heterocycles. The predicted octanol–water partition coefficient (Wildman–Crippen LogP) is 3.99. The second-order valence-electron chi connectivity index (χ2n) is 6.66. The van der Waals surface area contributed by atoms with Crippen molar-refractivity contribution in [1.29, 1.82) is 0 Å². The third kappa shape index (κ3) is 3.62. The first-order chi connectivity index (χ1) is 14.1. The fourth-order valence-electron chi connectivity index (χ4n) is 3.46. The number of rotatable bonds is 5. The number of nitrogens with zero attached hydrogens (tertiary/aromatic N) is 3. The largest absolute Gasteiger partial charge is 0.497 e. The van der Waals surface area contributed by atoms with E-state index in [0.29, 0.717) is 35.8 Å². The lowest BCUT2D eigenvalue weighted by atomic mass is 10.1. The molecule has 0 aliphatic carbocycles. The molecule has 1 aliphatic rings. The van der Waals surface area contributed by atoms with Crippen LogP contribution in [0.2, 0.25) is 0 Å². The van der Waals surface area contributed by atoms with Crippen LogP contribution in [0.1, 0.15) is 6.42 Å². The second-order valence-corrected chi connectivity index (χ2v) is 6.66. The Kier molecular flexibility index (Phi) is 4.87. The molecule has 2 aromatic carbocycles. The topological polar surface area (TPSA) is 74.6 Å². The molecule has 1 unspecified atom stereocenters. The van der Waals surface area contributed by atoms with Gasteiger partial charge in [0.15, 0.2) is 5.69 Å². The van der Waals surface area contributed by atoms with Crippen molar-refractivity contribution in [3.05, 3.63) is 66.0 Å². The summed E-state index contributed by atoms with van der Waals surface area (Å²) in [6, 6.07) is 9.13. The van der Waals surface area contributed by atoms with Crippen LogP contribution in [0.5, 0.6) is 5.75 Å². The minimum atomic E-state index is -0.480. The number of anilines is 2. The number of carbonyl (C=O) groups is 1. The normalized spacial score (nSPS) is 16.0. The molecule has 3 aromatic rings. The first kappa shape index (κ1) is 18.5. The maximum Gasteiger partial charge on any atom is 0.249 e. The number of H-pyrrole nitrogens is 1. The maximum absolute atomic E-state index is 13.7. The number of aromatic amines is 1. The number of carbonyl (C=O) groups excluding carboxylic acids is 1. The number of hydrogen-bond donors (Lipinski definition) is 2. The van der Waals surface area contributed by atoms with Crippen LogP contribution in [0.25, 0.3) is 16.0 Å². The van der Waals surface area contributed by atoms with Crippen molar-refractivity contribution >= 4 is 23.0 Å². The van der Waals surface area contributed by atoms with Gasteiger partial charge >= 0.3 is 0 Å². The number of amides is 1. The van der Waals surface area contributed by atoms with Crippen LogP contribution < -0.4 is 15.0 Å². The fraction of sp³-hybridized carbons (Fsp3) is 0.190. The number of ether oxygens (including phenoxy) is 1. The molecule has 1 amide bonds. The first-order valence-corrected chi connectivity index (χ1v) is 9.02. The number of aromatic nitrogens is 2. The van der Waals surface area contributed by atoms with Gasteiger partial charge in [-0.25, -0.2) is 9.24 Å². The van der Waals surface area contributed by atoms with Crippen molar-refractivity contribution in [3.63, 3.8) is 0 Å². The molecule has 7 nitrogen and oxygen atoms in total. The average Bonchev–Trinajstić information content (AvgIpc) is 3.38. The van der Waals surface area contributed by atoms with Gasteiger partial charge in [0.05, 0.1) is 19.9 Å².